The van der Waals surface area contributed by atoms with Crippen molar-refractivity contribution in [3.8, 4) is 0 Å². The molecule has 0 aliphatic carbocycles. The molecule has 0 aliphatic heterocycles. The van der Waals surface area contributed by atoms with Crippen LogP contribution in [0.3, 0.4) is 0 Å². The van der Waals surface area contributed by atoms with Crippen LogP contribution in [0.2, 0.25) is 0 Å². The van der Waals surface area contributed by atoms with Gasteiger partial charge in [-0.2, -0.15) is 0 Å². The minimum absolute atomic E-state index is 0.0682. The van der Waals surface area contributed by atoms with Gasteiger partial charge in [0.2, 0.25) is 5.91 Å². The molecule has 0 radical (unpaired) electrons. The molecule has 2 aromatic rings. The standard InChI is InChI=1S/C19H23N3O2/c1-14(13-20)12-17(23)22-18(15-8-4-2-5-9-15)19(24)21-16-10-6-3-7-11-16/h2-11,14,18H,12-13,20H2,1H3,(H,21,24)(H,22,23). The van der Waals surface area contributed by atoms with E-state index in [9.17, 15) is 9.59 Å². The van der Waals surface area contributed by atoms with E-state index in [2.05, 4.69) is 10.6 Å². The Morgan fingerprint density at radius 3 is 2.17 bits per heavy atom. The van der Waals surface area contributed by atoms with Crippen LogP contribution in [0.4, 0.5) is 5.69 Å². The van der Waals surface area contributed by atoms with Crippen molar-refractivity contribution >= 4 is 17.5 Å². The van der Waals surface area contributed by atoms with Crippen LogP contribution in [0.25, 0.3) is 0 Å². The topological polar surface area (TPSA) is 84.2 Å². The lowest BCUT2D eigenvalue weighted by Gasteiger charge is -2.20. The highest BCUT2D eigenvalue weighted by Gasteiger charge is 2.23. The lowest BCUT2D eigenvalue weighted by molar-refractivity contribution is -0.127. The van der Waals surface area contributed by atoms with E-state index in [1.54, 1.807) is 12.1 Å². The first-order chi connectivity index (χ1) is 11.6. The molecule has 5 nitrogen and oxygen atoms in total. The molecular weight excluding hydrogens is 302 g/mol. The molecule has 0 saturated carbocycles. The van der Waals surface area contributed by atoms with Gasteiger partial charge in [-0.1, -0.05) is 55.5 Å². The molecule has 24 heavy (non-hydrogen) atoms. The highest BCUT2D eigenvalue weighted by molar-refractivity contribution is 5.97. The molecule has 126 valence electrons. The summed E-state index contributed by atoms with van der Waals surface area (Å²) in [5.74, 6) is -0.398. The summed E-state index contributed by atoms with van der Waals surface area (Å²) in [6.45, 7) is 2.33. The minimum atomic E-state index is -0.746. The number of nitrogens with one attached hydrogen (secondary N) is 2. The molecule has 0 fully saturated rings. The highest BCUT2D eigenvalue weighted by atomic mass is 16.2. The van der Waals surface area contributed by atoms with Crippen molar-refractivity contribution in [1.82, 2.24) is 5.32 Å². The predicted octanol–water partition coefficient (Wildman–Crippen LogP) is 2.47. The molecule has 4 N–H and O–H groups in total. The third-order valence-electron chi connectivity index (χ3n) is 3.68. The molecular formula is C19H23N3O2. The smallest absolute Gasteiger partial charge is 0.251 e. The molecule has 0 aliphatic rings. The Bertz CT molecular complexity index is 659. The molecule has 2 rings (SSSR count). The summed E-state index contributed by atoms with van der Waals surface area (Å²) < 4.78 is 0. The molecule has 2 amide bonds. The van der Waals surface area contributed by atoms with E-state index in [4.69, 9.17) is 5.73 Å². The molecule has 0 heterocycles. The van der Waals surface area contributed by atoms with Gasteiger partial charge >= 0.3 is 0 Å². The van der Waals surface area contributed by atoms with E-state index < -0.39 is 6.04 Å². The van der Waals surface area contributed by atoms with Gasteiger partial charge in [-0.15, -0.1) is 0 Å². The van der Waals surface area contributed by atoms with Gasteiger partial charge in [-0.25, -0.2) is 0 Å². The number of hydrogen-bond acceptors (Lipinski definition) is 3. The third-order valence-corrected chi connectivity index (χ3v) is 3.68. The van der Waals surface area contributed by atoms with Crippen LogP contribution in [0.1, 0.15) is 24.9 Å². The summed E-state index contributed by atoms with van der Waals surface area (Å²) in [5, 5.41) is 5.65. The van der Waals surface area contributed by atoms with E-state index in [1.807, 2.05) is 55.5 Å². The lowest BCUT2D eigenvalue weighted by atomic mass is 10.0. The number of benzene rings is 2. The number of rotatable bonds is 7. The number of carbonyl (C=O) groups is 2. The van der Waals surface area contributed by atoms with E-state index in [0.717, 1.165) is 5.56 Å². The van der Waals surface area contributed by atoms with Crippen molar-refractivity contribution in [2.75, 3.05) is 11.9 Å². The first-order valence-electron chi connectivity index (χ1n) is 8.00. The Hall–Kier alpha value is -2.66. The van der Waals surface area contributed by atoms with Gasteiger partial charge in [0, 0.05) is 12.1 Å². The fourth-order valence-corrected chi connectivity index (χ4v) is 2.30. The van der Waals surface area contributed by atoms with E-state index in [1.165, 1.54) is 0 Å². The van der Waals surface area contributed by atoms with Crippen LogP contribution < -0.4 is 16.4 Å². The van der Waals surface area contributed by atoms with Crippen LogP contribution in [-0.2, 0) is 9.59 Å². The summed E-state index contributed by atoms with van der Waals surface area (Å²) in [6, 6.07) is 17.6. The maximum Gasteiger partial charge on any atom is 0.251 e. The second kappa shape index (κ2) is 8.84. The Kier molecular flexibility index (Phi) is 6.51. The first kappa shape index (κ1) is 17.7. The number of carbonyl (C=O) groups excluding carboxylic acids is 2. The van der Waals surface area contributed by atoms with Crippen molar-refractivity contribution in [2.24, 2.45) is 11.7 Å². The Balaban J connectivity index is 2.14. The predicted molar refractivity (Wildman–Crippen MR) is 95.2 cm³/mol. The quantitative estimate of drug-likeness (QED) is 0.731. The molecule has 0 saturated heterocycles. The summed E-state index contributed by atoms with van der Waals surface area (Å²) in [6.07, 6.45) is 0.290. The SMILES string of the molecule is CC(CN)CC(=O)NC(C(=O)Nc1ccccc1)c1ccccc1. The van der Waals surface area contributed by atoms with Crippen molar-refractivity contribution in [1.29, 1.82) is 0 Å². The number of hydrogen-bond donors (Lipinski definition) is 3. The van der Waals surface area contributed by atoms with Gasteiger partial charge in [0.05, 0.1) is 0 Å². The van der Waals surface area contributed by atoms with Gasteiger partial charge in [-0.3, -0.25) is 9.59 Å². The second-order valence-corrected chi connectivity index (χ2v) is 5.81. The van der Waals surface area contributed by atoms with Gasteiger partial charge in [-0.05, 0) is 30.2 Å². The van der Waals surface area contributed by atoms with Crippen LogP contribution in [0.15, 0.2) is 60.7 Å². The average Bonchev–Trinajstić information content (AvgIpc) is 2.61. The lowest BCUT2D eigenvalue weighted by Crippen LogP contribution is -2.38. The van der Waals surface area contributed by atoms with Crippen molar-refractivity contribution < 1.29 is 9.59 Å². The van der Waals surface area contributed by atoms with Crippen LogP contribution in [0, 0.1) is 5.92 Å². The summed E-state index contributed by atoms with van der Waals surface area (Å²) in [5.41, 5.74) is 6.99. The summed E-state index contributed by atoms with van der Waals surface area (Å²) in [4.78, 5) is 24.9. The van der Waals surface area contributed by atoms with E-state index in [-0.39, 0.29) is 17.7 Å². The Morgan fingerprint density at radius 1 is 1.00 bits per heavy atom. The fourth-order valence-electron chi connectivity index (χ4n) is 2.30. The molecule has 5 heteroatoms. The summed E-state index contributed by atoms with van der Waals surface area (Å²) in [7, 11) is 0. The average molecular weight is 325 g/mol. The van der Waals surface area contributed by atoms with Crippen molar-refractivity contribution in [3.05, 3.63) is 66.2 Å². The zero-order valence-corrected chi connectivity index (χ0v) is 13.7. The molecule has 0 bridgehead atoms. The second-order valence-electron chi connectivity index (χ2n) is 5.81. The molecule has 2 atom stereocenters. The minimum Gasteiger partial charge on any atom is -0.341 e. The zero-order valence-electron chi connectivity index (χ0n) is 13.7. The zero-order chi connectivity index (χ0) is 17.4. The molecule has 2 aromatic carbocycles. The van der Waals surface area contributed by atoms with Gasteiger partial charge in [0.15, 0.2) is 0 Å². The highest BCUT2D eigenvalue weighted by Crippen LogP contribution is 2.16. The van der Waals surface area contributed by atoms with Gasteiger partial charge in [0.1, 0.15) is 6.04 Å². The third kappa shape index (κ3) is 5.21. The van der Waals surface area contributed by atoms with Crippen LogP contribution in [-0.4, -0.2) is 18.4 Å². The Labute approximate surface area is 142 Å². The van der Waals surface area contributed by atoms with Crippen LogP contribution in [0.5, 0.6) is 0 Å². The fraction of sp³-hybridized carbons (Fsp3) is 0.263. The largest absolute Gasteiger partial charge is 0.341 e. The number of anilines is 1. The first-order valence-corrected chi connectivity index (χ1v) is 8.00. The molecule has 0 aromatic heterocycles. The summed E-state index contributed by atoms with van der Waals surface area (Å²) >= 11 is 0. The van der Waals surface area contributed by atoms with Gasteiger partial charge in [0.25, 0.3) is 5.91 Å². The maximum absolute atomic E-state index is 12.7. The Morgan fingerprint density at radius 2 is 1.58 bits per heavy atom. The van der Waals surface area contributed by atoms with E-state index >= 15 is 0 Å². The normalized spacial score (nSPS) is 12.9. The van der Waals surface area contributed by atoms with Gasteiger partial charge < -0.3 is 16.4 Å². The van der Waals surface area contributed by atoms with Crippen LogP contribution >= 0.6 is 0 Å². The van der Waals surface area contributed by atoms with E-state index in [0.29, 0.717) is 18.7 Å². The van der Waals surface area contributed by atoms with Crippen molar-refractivity contribution in [2.45, 2.75) is 19.4 Å². The monoisotopic (exact) mass is 325 g/mol. The molecule has 0 spiro atoms. The maximum atomic E-state index is 12.7. The molecule has 2 unspecified atom stereocenters. The van der Waals surface area contributed by atoms with Crippen molar-refractivity contribution in [3.63, 3.8) is 0 Å². The number of para-hydroxylation sites is 1. The number of nitrogens with two attached hydrogens (primary N) is 1. The number of amides is 2.